The maximum atomic E-state index is 11.9. The SMILES string of the molecule is CCN1CCN(C(=O)C2CCC2)CC1. The van der Waals surface area contributed by atoms with E-state index in [0.717, 1.165) is 45.6 Å². The molecule has 1 saturated heterocycles. The van der Waals surface area contributed by atoms with Crippen molar-refractivity contribution in [3.63, 3.8) is 0 Å². The van der Waals surface area contributed by atoms with Crippen LogP contribution >= 0.6 is 0 Å². The van der Waals surface area contributed by atoms with Gasteiger partial charge in [-0.25, -0.2) is 0 Å². The van der Waals surface area contributed by atoms with Crippen LogP contribution in [-0.2, 0) is 4.79 Å². The highest BCUT2D eigenvalue weighted by Crippen LogP contribution is 2.28. The van der Waals surface area contributed by atoms with E-state index in [-0.39, 0.29) is 0 Å². The summed E-state index contributed by atoms with van der Waals surface area (Å²) in [6.45, 7) is 7.32. The summed E-state index contributed by atoms with van der Waals surface area (Å²) in [5, 5.41) is 0. The van der Waals surface area contributed by atoms with Crippen molar-refractivity contribution in [1.29, 1.82) is 0 Å². The van der Waals surface area contributed by atoms with Crippen LogP contribution in [0.5, 0.6) is 0 Å². The molecule has 1 saturated carbocycles. The summed E-state index contributed by atoms with van der Waals surface area (Å²) in [5.41, 5.74) is 0. The third kappa shape index (κ3) is 1.92. The highest BCUT2D eigenvalue weighted by molar-refractivity contribution is 5.79. The van der Waals surface area contributed by atoms with Gasteiger partial charge in [0.05, 0.1) is 0 Å². The van der Waals surface area contributed by atoms with E-state index in [2.05, 4.69) is 16.7 Å². The number of carbonyl (C=O) groups is 1. The van der Waals surface area contributed by atoms with Gasteiger partial charge in [0.2, 0.25) is 5.91 Å². The second kappa shape index (κ2) is 4.30. The van der Waals surface area contributed by atoms with E-state index in [0.29, 0.717) is 11.8 Å². The zero-order valence-electron chi connectivity index (χ0n) is 9.04. The van der Waals surface area contributed by atoms with Crippen LogP contribution < -0.4 is 0 Å². The smallest absolute Gasteiger partial charge is 0.225 e. The zero-order chi connectivity index (χ0) is 9.97. The lowest BCUT2D eigenvalue weighted by atomic mass is 9.84. The first kappa shape index (κ1) is 9.97. The lowest BCUT2D eigenvalue weighted by molar-refractivity contribution is -0.139. The lowest BCUT2D eigenvalue weighted by Crippen LogP contribution is -2.50. The summed E-state index contributed by atoms with van der Waals surface area (Å²) < 4.78 is 0. The Balaban J connectivity index is 1.79. The Morgan fingerprint density at radius 3 is 2.29 bits per heavy atom. The van der Waals surface area contributed by atoms with Crippen LogP contribution in [0.3, 0.4) is 0 Å². The van der Waals surface area contributed by atoms with Crippen molar-refractivity contribution < 1.29 is 4.79 Å². The van der Waals surface area contributed by atoms with Gasteiger partial charge in [0.1, 0.15) is 0 Å². The van der Waals surface area contributed by atoms with E-state index in [4.69, 9.17) is 0 Å². The molecule has 0 N–H and O–H groups in total. The largest absolute Gasteiger partial charge is 0.340 e. The van der Waals surface area contributed by atoms with Crippen LogP contribution in [0.25, 0.3) is 0 Å². The molecule has 3 heteroatoms. The molecule has 3 nitrogen and oxygen atoms in total. The van der Waals surface area contributed by atoms with Gasteiger partial charge >= 0.3 is 0 Å². The lowest BCUT2D eigenvalue weighted by Gasteiger charge is -2.37. The van der Waals surface area contributed by atoms with Crippen molar-refractivity contribution in [2.45, 2.75) is 26.2 Å². The van der Waals surface area contributed by atoms with Crippen molar-refractivity contribution in [3.8, 4) is 0 Å². The van der Waals surface area contributed by atoms with Gasteiger partial charge < -0.3 is 9.80 Å². The summed E-state index contributed by atoms with van der Waals surface area (Å²) in [6.07, 6.45) is 3.52. The summed E-state index contributed by atoms with van der Waals surface area (Å²) in [4.78, 5) is 16.4. The van der Waals surface area contributed by atoms with Crippen LogP contribution in [0, 0.1) is 5.92 Å². The molecule has 0 unspecified atom stereocenters. The van der Waals surface area contributed by atoms with Crippen LogP contribution in [-0.4, -0.2) is 48.4 Å². The summed E-state index contributed by atoms with van der Waals surface area (Å²) in [7, 11) is 0. The number of nitrogens with zero attached hydrogens (tertiary/aromatic N) is 2. The standard InChI is InChI=1S/C11H20N2O/c1-2-12-6-8-13(9-7-12)11(14)10-4-3-5-10/h10H,2-9H2,1H3. The maximum Gasteiger partial charge on any atom is 0.225 e. The number of rotatable bonds is 2. The highest BCUT2D eigenvalue weighted by Gasteiger charge is 2.30. The Morgan fingerprint density at radius 2 is 1.86 bits per heavy atom. The predicted octanol–water partition coefficient (Wildman–Crippen LogP) is 0.951. The first-order chi connectivity index (χ1) is 6.81. The number of hydrogen-bond donors (Lipinski definition) is 0. The molecular weight excluding hydrogens is 176 g/mol. The number of likely N-dealkylation sites (N-methyl/N-ethyl adjacent to an activating group) is 1. The summed E-state index contributed by atoms with van der Waals surface area (Å²) in [6, 6.07) is 0. The van der Waals surface area contributed by atoms with Crippen LogP contribution in [0.15, 0.2) is 0 Å². The Labute approximate surface area is 86.1 Å². The molecule has 1 heterocycles. The molecule has 0 atom stereocenters. The molecule has 0 aromatic carbocycles. The minimum atomic E-state index is 0.378. The van der Waals surface area contributed by atoms with Crippen molar-refractivity contribution in [3.05, 3.63) is 0 Å². The van der Waals surface area contributed by atoms with Crippen LogP contribution in [0.1, 0.15) is 26.2 Å². The molecule has 2 rings (SSSR count). The topological polar surface area (TPSA) is 23.6 Å². The third-order valence-electron chi connectivity index (χ3n) is 3.59. The minimum absolute atomic E-state index is 0.378. The molecule has 1 amide bonds. The van der Waals surface area contributed by atoms with Crippen molar-refractivity contribution in [1.82, 2.24) is 9.80 Å². The Hall–Kier alpha value is -0.570. The number of amides is 1. The number of piperazine rings is 1. The fourth-order valence-electron chi connectivity index (χ4n) is 2.20. The maximum absolute atomic E-state index is 11.9. The van der Waals surface area contributed by atoms with E-state index in [1.165, 1.54) is 6.42 Å². The predicted molar refractivity (Wildman–Crippen MR) is 56.0 cm³/mol. The first-order valence-corrected chi connectivity index (χ1v) is 5.82. The van der Waals surface area contributed by atoms with Crippen molar-refractivity contribution in [2.75, 3.05) is 32.7 Å². The molecule has 80 valence electrons. The molecule has 0 radical (unpaired) electrons. The van der Waals surface area contributed by atoms with E-state index in [9.17, 15) is 4.79 Å². The number of carbonyl (C=O) groups excluding carboxylic acids is 1. The Morgan fingerprint density at radius 1 is 1.21 bits per heavy atom. The third-order valence-corrected chi connectivity index (χ3v) is 3.59. The zero-order valence-corrected chi connectivity index (χ0v) is 9.04. The summed E-state index contributed by atoms with van der Waals surface area (Å²) >= 11 is 0. The molecular formula is C11H20N2O. The second-order valence-electron chi connectivity index (χ2n) is 4.39. The minimum Gasteiger partial charge on any atom is -0.340 e. The molecule has 0 aromatic heterocycles. The molecule has 1 aliphatic heterocycles. The van der Waals surface area contributed by atoms with Crippen molar-refractivity contribution >= 4 is 5.91 Å². The quantitative estimate of drug-likeness (QED) is 0.656. The van der Waals surface area contributed by atoms with Gasteiger partial charge in [0, 0.05) is 32.1 Å². The normalized spacial score (nSPS) is 24.8. The van der Waals surface area contributed by atoms with Gasteiger partial charge in [-0.2, -0.15) is 0 Å². The Bertz CT molecular complexity index is 205. The van der Waals surface area contributed by atoms with Gasteiger partial charge in [-0.05, 0) is 19.4 Å². The average Bonchev–Trinajstić information content (AvgIpc) is 2.15. The van der Waals surface area contributed by atoms with Gasteiger partial charge in [0.15, 0.2) is 0 Å². The molecule has 0 aromatic rings. The van der Waals surface area contributed by atoms with Crippen LogP contribution in [0.4, 0.5) is 0 Å². The summed E-state index contributed by atoms with van der Waals surface area (Å²) in [5.74, 6) is 0.801. The van der Waals surface area contributed by atoms with Gasteiger partial charge in [0.25, 0.3) is 0 Å². The van der Waals surface area contributed by atoms with E-state index in [1.807, 2.05) is 0 Å². The van der Waals surface area contributed by atoms with Crippen LogP contribution in [0.2, 0.25) is 0 Å². The van der Waals surface area contributed by atoms with Gasteiger partial charge in [-0.15, -0.1) is 0 Å². The van der Waals surface area contributed by atoms with E-state index >= 15 is 0 Å². The highest BCUT2D eigenvalue weighted by atomic mass is 16.2. The molecule has 2 fully saturated rings. The van der Waals surface area contributed by atoms with Crippen molar-refractivity contribution in [2.24, 2.45) is 5.92 Å². The van der Waals surface area contributed by atoms with Gasteiger partial charge in [-0.3, -0.25) is 4.79 Å². The molecule has 1 aliphatic carbocycles. The van der Waals surface area contributed by atoms with E-state index in [1.54, 1.807) is 0 Å². The van der Waals surface area contributed by atoms with E-state index < -0.39 is 0 Å². The first-order valence-electron chi connectivity index (χ1n) is 5.82. The molecule has 14 heavy (non-hydrogen) atoms. The fourth-order valence-corrected chi connectivity index (χ4v) is 2.20. The second-order valence-corrected chi connectivity index (χ2v) is 4.39. The van der Waals surface area contributed by atoms with Gasteiger partial charge in [-0.1, -0.05) is 13.3 Å². The fraction of sp³-hybridized carbons (Fsp3) is 0.909. The molecule has 0 spiro atoms. The average molecular weight is 196 g/mol. The monoisotopic (exact) mass is 196 g/mol. The molecule has 0 bridgehead atoms. The molecule has 2 aliphatic rings. The number of hydrogen-bond acceptors (Lipinski definition) is 2. The Kier molecular flexibility index (Phi) is 3.06.